The lowest BCUT2D eigenvalue weighted by molar-refractivity contribution is -0.138. The number of ether oxygens (including phenoxy) is 2. The molecule has 2 aromatic rings. The predicted octanol–water partition coefficient (Wildman–Crippen LogP) is 4.49. The number of halogens is 3. The number of para-hydroxylation sites is 2. The molecule has 7 heteroatoms. The van der Waals surface area contributed by atoms with Crippen LogP contribution in [0.3, 0.4) is 0 Å². The molecular formula is C18H15F3O4. The van der Waals surface area contributed by atoms with Gasteiger partial charge in [0.1, 0.15) is 0 Å². The summed E-state index contributed by atoms with van der Waals surface area (Å²) >= 11 is 0. The van der Waals surface area contributed by atoms with E-state index < -0.39 is 35.2 Å². The molecule has 0 unspecified atom stereocenters. The summed E-state index contributed by atoms with van der Waals surface area (Å²) in [5.41, 5.74) is -1.73. The lowest BCUT2D eigenvalue weighted by Gasteiger charge is -2.14. The molecule has 25 heavy (non-hydrogen) atoms. The van der Waals surface area contributed by atoms with E-state index >= 15 is 0 Å². The summed E-state index contributed by atoms with van der Waals surface area (Å²) in [5, 5.41) is 0. The van der Waals surface area contributed by atoms with Crippen molar-refractivity contribution in [3.8, 4) is 11.5 Å². The summed E-state index contributed by atoms with van der Waals surface area (Å²) in [5.74, 6) is -2.35. The molecule has 0 saturated heterocycles. The fraction of sp³-hybridized carbons (Fsp3) is 0.222. The van der Waals surface area contributed by atoms with Crippen molar-refractivity contribution in [2.24, 2.45) is 5.92 Å². The molecule has 2 aromatic carbocycles. The predicted molar refractivity (Wildman–Crippen MR) is 83.3 cm³/mol. The zero-order valence-corrected chi connectivity index (χ0v) is 13.5. The van der Waals surface area contributed by atoms with Gasteiger partial charge in [0, 0.05) is 0 Å². The van der Waals surface area contributed by atoms with Crippen LogP contribution in [-0.2, 0) is 11.0 Å². The number of benzene rings is 2. The summed E-state index contributed by atoms with van der Waals surface area (Å²) in [4.78, 5) is 23.9. The third kappa shape index (κ3) is 4.59. The van der Waals surface area contributed by atoms with E-state index in [2.05, 4.69) is 0 Å². The van der Waals surface area contributed by atoms with Gasteiger partial charge in [0.15, 0.2) is 11.5 Å². The van der Waals surface area contributed by atoms with E-state index in [9.17, 15) is 22.8 Å². The third-order valence-electron chi connectivity index (χ3n) is 3.19. The normalized spacial score (nSPS) is 11.3. The zero-order chi connectivity index (χ0) is 18.6. The molecule has 0 aliphatic carbocycles. The van der Waals surface area contributed by atoms with Crippen molar-refractivity contribution < 1.29 is 32.2 Å². The molecule has 0 fully saturated rings. The first-order valence-electron chi connectivity index (χ1n) is 7.39. The SMILES string of the molecule is CC(C)C(=O)Oc1ccccc1OC(=O)c1ccccc1C(F)(F)F. The monoisotopic (exact) mass is 352 g/mol. The first kappa shape index (κ1) is 18.5. The standard InChI is InChI=1S/C18H15F3O4/c1-11(2)16(22)24-14-9-5-6-10-15(14)25-17(23)12-7-3-4-8-13(12)18(19,20)21/h3-11H,1-2H3. The molecular weight excluding hydrogens is 337 g/mol. The molecule has 132 valence electrons. The van der Waals surface area contributed by atoms with Gasteiger partial charge in [-0.15, -0.1) is 0 Å². The van der Waals surface area contributed by atoms with E-state index in [1.165, 1.54) is 30.3 Å². The van der Waals surface area contributed by atoms with Crippen LogP contribution < -0.4 is 9.47 Å². The van der Waals surface area contributed by atoms with Gasteiger partial charge >= 0.3 is 18.1 Å². The van der Waals surface area contributed by atoms with Gasteiger partial charge in [0.25, 0.3) is 0 Å². The Morgan fingerprint density at radius 3 is 1.96 bits per heavy atom. The van der Waals surface area contributed by atoms with Gasteiger partial charge in [-0.05, 0) is 24.3 Å². The first-order chi connectivity index (χ1) is 11.7. The Hall–Kier alpha value is -2.83. The Bertz CT molecular complexity index is 782. The Morgan fingerprint density at radius 1 is 0.880 bits per heavy atom. The lowest BCUT2D eigenvalue weighted by Crippen LogP contribution is -2.18. The van der Waals surface area contributed by atoms with Gasteiger partial charge in [-0.1, -0.05) is 38.1 Å². The second-order valence-electron chi connectivity index (χ2n) is 5.46. The Morgan fingerprint density at radius 2 is 1.40 bits per heavy atom. The quantitative estimate of drug-likeness (QED) is 0.601. The molecule has 0 atom stereocenters. The second-order valence-corrected chi connectivity index (χ2v) is 5.46. The van der Waals surface area contributed by atoms with Gasteiger partial charge in [-0.25, -0.2) is 4.79 Å². The molecule has 0 aliphatic rings. The third-order valence-corrected chi connectivity index (χ3v) is 3.19. The van der Waals surface area contributed by atoms with Crippen LogP contribution in [0.4, 0.5) is 13.2 Å². The maximum atomic E-state index is 13.0. The van der Waals surface area contributed by atoms with Crippen molar-refractivity contribution in [2.75, 3.05) is 0 Å². The summed E-state index contributed by atoms with van der Waals surface area (Å²) in [6, 6.07) is 10.1. The summed E-state index contributed by atoms with van der Waals surface area (Å²) in [7, 11) is 0. The lowest BCUT2D eigenvalue weighted by atomic mass is 10.1. The van der Waals surface area contributed by atoms with E-state index in [1.807, 2.05) is 0 Å². The number of carbonyl (C=O) groups is 2. The highest BCUT2D eigenvalue weighted by atomic mass is 19.4. The number of alkyl halides is 3. The molecule has 0 bridgehead atoms. The van der Waals surface area contributed by atoms with Gasteiger partial charge in [-0.2, -0.15) is 13.2 Å². The topological polar surface area (TPSA) is 52.6 Å². The highest BCUT2D eigenvalue weighted by Gasteiger charge is 2.35. The van der Waals surface area contributed by atoms with Crippen LogP contribution >= 0.6 is 0 Å². The van der Waals surface area contributed by atoms with Crippen molar-refractivity contribution in [3.63, 3.8) is 0 Å². The summed E-state index contributed by atoms with van der Waals surface area (Å²) < 4.78 is 49.2. The van der Waals surface area contributed by atoms with E-state index in [0.29, 0.717) is 0 Å². The minimum atomic E-state index is -4.70. The van der Waals surface area contributed by atoms with Crippen molar-refractivity contribution >= 4 is 11.9 Å². The molecule has 0 radical (unpaired) electrons. The van der Waals surface area contributed by atoms with E-state index in [4.69, 9.17) is 9.47 Å². The second kappa shape index (κ2) is 7.38. The number of carbonyl (C=O) groups excluding carboxylic acids is 2. The molecule has 4 nitrogen and oxygen atoms in total. The van der Waals surface area contributed by atoms with Gasteiger partial charge in [-0.3, -0.25) is 4.79 Å². The molecule has 0 saturated carbocycles. The number of rotatable bonds is 4. The molecule has 0 heterocycles. The number of hydrogen-bond acceptors (Lipinski definition) is 4. The summed E-state index contributed by atoms with van der Waals surface area (Å²) in [6.45, 7) is 3.24. The van der Waals surface area contributed by atoms with Gasteiger partial charge in [0.2, 0.25) is 0 Å². The average molecular weight is 352 g/mol. The van der Waals surface area contributed by atoms with Crippen LogP contribution in [0.15, 0.2) is 48.5 Å². The molecule has 0 amide bonds. The van der Waals surface area contributed by atoms with Crippen molar-refractivity contribution in [1.82, 2.24) is 0 Å². The van der Waals surface area contributed by atoms with E-state index in [-0.39, 0.29) is 11.5 Å². The summed E-state index contributed by atoms with van der Waals surface area (Å²) in [6.07, 6.45) is -4.70. The smallest absolute Gasteiger partial charge is 0.417 e. The van der Waals surface area contributed by atoms with Crippen LogP contribution in [0, 0.1) is 5.92 Å². The average Bonchev–Trinajstić information content (AvgIpc) is 2.55. The number of esters is 2. The fourth-order valence-electron chi connectivity index (χ4n) is 1.91. The molecule has 0 N–H and O–H groups in total. The largest absolute Gasteiger partial charge is 0.422 e. The molecule has 0 aliphatic heterocycles. The molecule has 2 rings (SSSR count). The Kier molecular flexibility index (Phi) is 5.46. The van der Waals surface area contributed by atoms with Crippen LogP contribution in [0.1, 0.15) is 29.8 Å². The maximum Gasteiger partial charge on any atom is 0.417 e. The highest BCUT2D eigenvalue weighted by molar-refractivity contribution is 5.93. The Balaban J connectivity index is 2.30. The maximum absolute atomic E-state index is 13.0. The first-order valence-corrected chi connectivity index (χ1v) is 7.39. The highest BCUT2D eigenvalue weighted by Crippen LogP contribution is 2.33. The molecule has 0 spiro atoms. The van der Waals surface area contributed by atoms with Crippen LogP contribution in [0.5, 0.6) is 11.5 Å². The Labute approximate surface area is 142 Å². The van der Waals surface area contributed by atoms with E-state index in [0.717, 1.165) is 12.1 Å². The van der Waals surface area contributed by atoms with Crippen LogP contribution in [0.25, 0.3) is 0 Å². The van der Waals surface area contributed by atoms with Crippen molar-refractivity contribution in [2.45, 2.75) is 20.0 Å². The molecule has 0 aromatic heterocycles. The van der Waals surface area contributed by atoms with E-state index in [1.54, 1.807) is 19.9 Å². The van der Waals surface area contributed by atoms with Crippen LogP contribution in [-0.4, -0.2) is 11.9 Å². The van der Waals surface area contributed by atoms with Gasteiger partial charge in [0.05, 0.1) is 17.0 Å². The van der Waals surface area contributed by atoms with Crippen molar-refractivity contribution in [3.05, 3.63) is 59.7 Å². The number of hydrogen-bond donors (Lipinski definition) is 0. The van der Waals surface area contributed by atoms with Crippen LogP contribution in [0.2, 0.25) is 0 Å². The minimum Gasteiger partial charge on any atom is -0.422 e. The zero-order valence-electron chi connectivity index (χ0n) is 13.5. The minimum absolute atomic E-state index is 0.0426. The fourth-order valence-corrected chi connectivity index (χ4v) is 1.91. The van der Waals surface area contributed by atoms with Gasteiger partial charge < -0.3 is 9.47 Å². The van der Waals surface area contributed by atoms with Crippen molar-refractivity contribution in [1.29, 1.82) is 0 Å².